The van der Waals surface area contributed by atoms with E-state index in [1.54, 1.807) is 0 Å². The fourth-order valence-corrected chi connectivity index (χ4v) is 1.63. The molecule has 90 valence electrons. The van der Waals surface area contributed by atoms with E-state index in [4.69, 9.17) is 0 Å². The van der Waals surface area contributed by atoms with Crippen LogP contribution in [0.3, 0.4) is 0 Å². The van der Waals surface area contributed by atoms with Gasteiger partial charge in [-0.05, 0) is 6.42 Å². The van der Waals surface area contributed by atoms with Crippen LogP contribution >= 0.6 is 0 Å². The molecule has 0 fully saturated rings. The minimum Gasteiger partial charge on any atom is -0.392 e. The van der Waals surface area contributed by atoms with Gasteiger partial charge in [-0.3, -0.25) is 0 Å². The molecule has 0 aromatic carbocycles. The summed E-state index contributed by atoms with van der Waals surface area (Å²) in [6.45, 7) is 10.1. The molecule has 0 spiro atoms. The molecule has 0 bridgehead atoms. The summed E-state index contributed by atoms with van der Waals surface area (Å²) in [4.78, 5) is 0. The first-order chi connectivity index (χ1) is 7.04. The molecule has 0 amide bonds. The molecule has 0 heterocycles. The van der Waals surface area contributed by atoms with Crippen LogP contribution in [0.25, 0.3) is 0 Å². The molecule has 0 aliphatic rings. The first-order valence-corrected chi connectivity index (χ1v) is 6.36. The van der Waals surface area contributed by atoms with Gasteiger partial charge in [0.25, 0.3) is 0 Å². The summed E-state index contributed by atoms with van der Waals surface area (Å²) in [5.74, 6) is 0. The lowest BCUT2D eigenvalue weighted by atomic mass is 9.84. The van der Waals surface area contributed by atoms with Gasteiger partial charge >= 0.3 is 0 Å². The van der Waals surface area contributed by atoms with E-state index in [9.17, 15) is 5.11 Å². The van der Waals surface area contributed by atoms with Crippen LogP contribution in [0.1, 0.15) is 65.7 Å². The van der Waals surface area contributed by atoms with Crippen molar-refractivity contribution in [2.45, 2.75) is 71.8 Å². The molecule has 0 aromatic rings. The Morgan fingerprint density at radius 3 is 2.20 bits per heavy atom. The Morgan fingerprint density at radius 1 is 1.13 bits per heavy atom. The predicted molar refractivity (Wildman–Crippen MR) is 68.0 cm³/mol. The smallest absolute Gasteiger partial charge is 0.0625 e. The molecule has 1 nitrogen and oxygen atoms in total. The minimum absolute atomic E-state index is 0.135. The highest BCUT2D eigenvalue weighted by Gasteiger charge is 2.23. The number of aliphatic hydroxyl groups is 1. The predicted octanol–water partition coefficient (Wildman–Crippen LogP) is 4.31. The molecule has 1 atom stereocenters. The topological polar surface area (TPSA) is 20.2 Å². The summed E-state index contributed by atoms with van der Waals surface area (Å²) < 4.78 is 0. The fourth-order valence-electron chi connectivity index (χ4n) is 1.63. The first kappa shape index (κ1) is 14.7. The SMILES string of the molecule is C=CC(C)(C)[C@@H](O)CCCCCCCC. The van der Waals surface area contributed by atoms with Gasteiger partial charge in [0.1, 0.15) is 0 Å². The molecule has 1 heteroatoms. The molecule has 0 unspecified atom stereocenters. The molecule has 0 radical (unpaired) electrons. The Balaban J connectivity index is 3.47. The van der Waals surface area contributed by atoms with E-state index in [0.717, 1.165) is 12.8 Å². The lowest BCUT2D eigenvalue weighted by Gasteiger charge is -2.26. The van der Waals surface area contributed by atoms with E-state index in [1.807, 2.05) is 19.9 Å². The Bertz CT molecular complexity index is 161. The van der Waals surface area contributed by atoms with E-state index in [0.29, 0.717) is 0 Å². The normalized spacial score (nSPS) is 13.9. The third-order valence-electron chi connectivity index (χ3n) is 3.22. The Hall–Kier alpha value is -0.300. The van der Waals surface area contributed by atoms with Crippen LogP contribution in [0.5, 0.6) is 0 Å². The lowest BCUT2D eigenvalue weighted by molar-refractivity contribution is 0.0715. The van der Waals surface area contributed by atoms with Gasteiger partial charge < -0.3 is 5.11 Å². The van der Waals surface area contributed by atoms with Crippen LogP contribution in [0.2, 0.25) is 0 Å². The average molecular weight is 212 g/mol. The van der Waals surface area contributed by atoms with E-state index in [2.05, 4.69) is 13.5 Å². The van der Waals surface area contributed by atoms with Crippen LogP contribution in [-0.4, -0.2) is 11.2 Å². The van der Waals surface area contributed by atoms with E-state index in [-0.39, 0.29) is 11.5 Å². The molecule has 0 rings (SSSR count). The number of hydrogen-bond donors (Lipinski definition) is 1. The van der Waals surface area contributed by atoms with E-state index < -0.39 is 0 Å². The Morgan fingerprint density at radius 2 is 1.67 bits per heavy atom. The molecule has 0 saturated heterocycles. The highest BCUT2D eigenvalue weighted by Crippen LogP contribution is 2.25. The van der Waals surface area contributed by atoms with Crippen molar-refractivity contribution in [1.82, 2.24) is 0 Å². The summed E-state index contributed by atoms with van der Waals surface area (Å²) in [6, 6.07) is 0. The summed E-state index contributed by atoms with van der Waals surface area (Å²) in [7, 11) is 0. The zero-order chi connectivity index (χ0) is 11.7. The zero-order valence-corrected chi connectivity index (χ0v) is 10.8. The molecule has 15 heavy (non-hydrogen) atoms. The summed E-state index contributed by atoms with van der Waals surface area (Å²) in [5, 5.41) is 9.91. The largest absolute Gasteiger partial charge is 0.392 e. The number of hydrogen-bond acceptors (Lipinski definition) is 1. The van der Waals surface area contributed by atoms with Gasteiger partial charge in [-0.2, -0.15) is 0 Å². The second-order valence-electron chi connectivity index (χ2n) is 5.10. The third kappa shape index (κ3) is 6.72. The number of aliphatic hydroxyl groups excluding tert-OH is 1. The van der Waals surface area contributed by atoms with Crippen molar-refractivity contribution in [3.05, 3.63) is 12.7 Å². The van der Waals surface area contributed by atoms with Gasteiger partial charge in [0.2, 0.25) is 0 Å². The molecular formula is C14H28O. The van der Waals surface area contributed by atoms with Crippen molar-refractivity contribution in [3.8, 4) is 0 Å². The van der Waals surface area contributed by atoms with Crippen LogP contribution in [-0.2, 0) is 0 Å². The van der Waals surface area contributed by atoms with Crippen molar-refractivity contribution in [3.63, 3.8) is 0 Å². The molecule has 0 aromatic heterocycles. The fraction of sp³-hybridized carbons (Fsp3) is 0.857. The third-order valence-corrected chi connectivity index (χ3v) is 3.22. The van der Waals surface area contributed by atoms with Gasteiger partial charge in [-0.25, -0.2) is 0 Å². The van der Waals surface area contributed by atoms with Gasteiger partial charge in [-0.1, -0.05) is 65.4 Å². The zero-order valence-electron chi connectivity index (χ0n) is 10.8. The average Bonchev–Trinajstić information content (AvgIpc) is 2.22. The summed E-state index contributed by atoms with van der Waals surface area (Å²) in [6.07, 6.45) is 10.2. The Kier molecular flexibility index (Phi) is 7.76. The molecule has 0 saturated carbocycles. The van der Waals surface area contributed by atoms with Crippen molar-refractivity contribution >= 4 is 0 Å². The Labute approximate surface area is 95.6 Å². The maximum Gasteiger partial charge on any atom is 0.0625 e. The second-order valence-corrected chi connectivity index (χ2v) is 5.10. The van der Waals surface area contributed by atoms with Crippen molar-refractivity contribution < 1.29 is 5.11 Å². The van der Waals surface area contributed by atoms with Crippen molar-refractivity contribution in [1.29, 1.82) is 0 Å². The summed E-state index contributed by atoms with van der Waals surface area (Å²) in [5.41, 5.74) is -0.135. The highest BCUT2D eigenvalue weighted by atomic mass is 16.3. The van der Waals surface area contributed by atoms with Crippen LogP contribution < -0.4 is 0 Å². The summed E-state index contributed by atoms with van der Waals surface area (Å²) >= 11 is 0. The van der Waals surface area contributed by atoms with Crippen molar-refractivity contribution in [2.24, 2.45) is 5.41 Å². The van der Waals surface area contributed by atoms with E-state index in [1.165, 1.54) is 32.1 Å². The molecule has 0 aliphatic carbocycles. The van der Waals surface area contributed by atoms with Gasteiger partial charge in [0.15, 0.2) is 0 Å². The quantitative estimate of drug-likeness (QED) is 0.446. The first-order valence-electron chi connectivity index (χ1n) is 6.36. The molecule has 0 aliphatic heterocycles. The maximum atomic E-state index is 9.91. The van der Waals surface area contributed by atoms with Gasteiger partial charge in [0.05, 0.1) is 6.10 Å². The van der Waals surface area contributed by atoms with Gasteiger partial charge in [0, 0.05) is 5.41 Å². The van der Waals surface area contributed by atoms with Crippen LogP contribution in [0.15, 0.2) is 12.7 Å². The molecule has 1 N–H and O–H groups in total. The van der Waals surface area contributed by atoms with E-state index >= 15 is 0 Å². The van der Waals surface area contributed by atoms with Crippen LogP contribution in [0, 0.1) is 5.41 Å². The van der Waals surface area contributed by atoms with Gasteiger partial charge in [-0.15, -0.1) is 6.58 Å². The maximum absolute atomic E-state index is 9.91. The number of rotatable bonds is 9. The minimum atomic E-state index is -0.235. The molecular weight excluding hydrogens is 184 g/mol. The second kappa shape index (κ2) is 7.92. The van der Waals surface area contributed by atoms with Crippen molar-refractivity contribution in [2.75, 3.05) is 0 Å². The van der Waals surface area contributed by atoms with Crippen LogP contribution in [0.4, 0.5) is 0 Å². The lowest BCUT2D eigenvalue weighted by Crippen LogP contribution is -2.26. The highest BCUT2D eigenvalue weighted by molar-refractivity contribution is 4.92. The monoisotopic (exact) mass is 212 g/mol. The standard InChI is InChI=1S/C14H28O/c1-5-7-8-9-10-11-12-13(15)14(3,4)6-2/h6,13,15H,2,5,7-12H2,1,3-4H3/t13-/m0/s1. The number of unbranched alkanes of at least 4 members (excludes halogenated alkanes) is 5.